The lowest BCUT2D eigenvalue weighted by molar-refractivity contribution is 1.33. The van der Waals surface area contributed by atoms with Crippen LogP contribution in [0.25, 0.3) is 11.1 Å². The monoisotopic (exact) mass is 195 g/mol. The fourth-order valence-electron chi connectivity index (χ4n) is 1.78. The number of rotatable bonds is 1. The Morgan fingerprint density at radius 3 is 2.33 bits per heavy atom. The second-order valence-corrected chi connectivity index (χ2v) is 3.99. The molecule has 0 saturated heterocycles. The van der Waals surface area contributed by atoms with Crippen molar-refractivity contribution in [2.45, 2.75) is 20.8 Å². The average Bonchev–Trinajstić information content (AvgIpc) is 2.22. The zero-order valence-corrected chi connectivity index (χ0v) is 9.46. The molecule has 0 N–H and O–H groups in total. The Kier molecular flexibility index (Phi) is 2.59. The molecule has 1 radical (unpaired) electrons. The molecule has 0 aliphatic carbocycles. The van der Waals surface area contributed by atoms with E-state index < -0.39 is 0 Å². The standard InChI is InChI=1S/C15H15/c1-11-6-4-8-14(10-11)15-9-5-7-12(2)13(15)3/h4-9H,1-3H3. The maximum atomic E-state index is 3.39. The van der Waals surface area contributed by atoms with Crippen molar-refractivity contribution in [2.75, 3.05) is 0 Å². The van der Waals surface area contributed by atoms with Crippen LogP contribution in [0.4, 0.5) is 0 Å². The lowest BCUT2D eigenvalue weighted by Crippen LogP contribution is -1.87. The first-order chi connectivity index (χ1) is 7.18. The van der Waals surface area contributed by atoms with Crippen molar-refractivity contribution in [3.05, 3.63) is 59.2 Å². The summed E-state index contributed by atoms with van der Waals surface area (Å²) in [4.78, 5) is 0. The van der Waals surface area contributed by atoms with E-state index in [4.69, 9.17) is 0 Å². The molecule has 0 saturated carbocycles. The van der Waals surface area contributed by atoms with E-state index in [2.05, 4.69) is 63.2 Å². The lowest BCUT2D eigenvalue weighted by Gasteiger charge is -2.08. The van der Waals surface area contributed by atoms with Gasteiger partial charge in [-0.25, -0.2) is 0 Å². The first kappa shape index (κ1) is 9.97. The molecule has 0 spiro atoms. The summed E-state index contributed by atoms with van der Waals surface area (Å²) in [6, 6.07) is 16.1. The van der Waals surface area contributed by atoms with Gasteiger partial charge < -0.3 is 0 Å². The summed E-state index contributed by atoms with van der Waals surface area (Å²) in [5.74, 6) is 0. The minimum atomic E-state index is 1.19. The average molecular weight is 195 g/mol. The zero-order valence-electron chi connectivity index (χ0n) is 9.46. The second kappa shape index (κ2) is 3.90. The zero-order chi connectivity index (χ0) is 10.8. The van der Waals surface area contributed by atoms with Gasteiger partial charge in [0.15, 0.2) is 0 Å². The summed E-state index contributed by atoms with van der Waals surface area (Å²) < 4.78 is 0. The van der Waals surface area contributed by atoms with Gasteiger partial charge in [-0.1, -0.05) is 36.4 Å². The predicted octanol–water partition coefficient (Wildman–Crippen LogP) is 4.08. The van der Waals surface area contributed by atoms with Crippen LogP contribution in [0.5, 0.6) is 0 Å². The van der Waals surface area contributed by atoms with Gasteiger partial charge in [0.25, 0.3) is 0 Å². The summed E-state index contributed by atoms with van der Waals surface area (Å²) in [7, 11) is 0. The van der Waals surface area contributed by atoms with E-state index in [0.717, 1.165) is 0 Å². The maximum absolute atomic E-state index is 3.39. The first-order valence-corrected chi connectivity index (χ1v) is 5.24. The normalized spacial score (nSPS) is 10.3. The molecular formula is C15H15. The molecule has 0 amide bonds. The van der Waals surface area contributed by atoms with Gasteiger partial charge in [-0.2, -0.15) is 0 Å². The Morgan fingerprint density at radius 1 is 0.867 bits per heavy atom. The van der Waals surface area contributed by atoms with Crippen LogP contribution in [0.15, 0.2) is 36.4 Å². The van der Waals surface area contributed by atoms with Crippen molar-refractivity contribution in [2.24, 2.45) is 0 Å². The lowest BCUT2D eigenvalue weighted by atomic mass is 9.96. The minimum Gasteiger partial charge on any atom is -0.0614 e. The fourth-order valence-corrected chi connectivity index (χ4v) is 1.78. The van der Waals surface area contributed by atoms with Crippen LogP contribution >= 0.6 is 0 Å². The first-order valence-electron chi connectivity index (χ1n) is 5.24. The number of hydrogen-bond acceptors (Lipinski definition) is 0. The van der Waals surface area contributed by atoms with E-state index in [0.29, 0.717) is 0 Å². The minimum absolute atomic E-state index is 1.19. The Balaban J connectivity index is 2.59. The van der Waals surface area contributed by atoms with Gasteiger partial charge in [-0.15, -0.1) is 0 Å². The van der Waals surface area contributed by atoms with Gasteiger partial charge in [0.1, 0.15) is 0 Å². The molecule has 0 heterocycles. The van der Waals surface area contributed by atoms with Crippen LogP contribution in [0.2, 0.25) is 0 Å². The van der Waals surface area contributed by atoms with Crippen LogP contribution in [0.3, 0.4) is 0 Å². The van der Waals surface area contributed by atoms with Gasteiger partial charge in [0, 0.05) is 0 Å². The molecule has 0 heteroatoms. The van der Waals surface area contributed by atoms with Gasteiger partial charge >= 0.3 is 0 Å². The highest BCUT2D eigenvalue weighted by Crippen LogP contribution is 2.25. The molecule has 0 aliphatic heterocycles. The third-order valence-electron chi connectivity index (χ3n) is 2.84. The molecule has 0 aliphatic rings. The molecule has 0 nitrogen and oxygen atoms in total. The SMILES string of the molecule is Cc1[c]c(-c2cccc(C)c2C)ccc1. The smallest absolute Gasteiger partial charge is 0.00671 e. The van der Waals surface area contributed by atoms with Crippen molar-refractivity contribution in [1.29, 1.82) is 0 Å². The predicted molar refractivity (Wildman–Crippen MR) is 64.9 cm³/mol. The molecule has 2 aromatic carbocycles. The summed E-state index contributed by atoms with van der Waals surface area (Å²) in [6.45, 7) is 6.39. The summed E-state index contributed by atoms with van der Waals surface area (Å²) in [6.07, 6.45) is 0. The number of aryl methyl sites for hydroxylation is 2. The molecule has 2 aromatic rings. The molecule has 2 rings (SSSR count). The molecular weight excluding hydrogens is 180 g/mol. The van der Waals surface area contributed by atoms with Crippen molar-refractivity contribution < 1.29 is 0 Å². The Hall–Kier alpha value is -1.56. The van der Waals surface area contributed by atoms with Crippen molar-refractivity contribution >= 4 is 0 Å². The molecule has 0 fully saturated rings. The van der Waals surface area contributed by atoms with E-state index in [1.807, 2.05) is 0 Å². The molecule has 75 valence electrons. The van der Waals surface area contributed by atoms with Crippen molar-refractivity contribution in [3.8, 4) is 11.1 Å². The molecule has 0 unspecified atom stereocenters. The quantitative estimate of drug-likeness (QED) is 0.643. The number of hydrogen-bond donors (Lipinski definition) is 0. The Bertz CT molecular complexity index is 481. The van der Waals surface area contributed by atoms with Gasteiger partial charge in [-0.3, -0.25) is 0 Å². The van der Waals surface area contributed by atoms with E-state index >= 15 is 0 Å². The largest absolute Gasteiger partial charge is 0.0614 e. The van der Waals surface area contributed by atoms with E-state index in [1.54, 1.807) is 0 Å². The summed E-state index contributed by atoms with van der Waals surface area (Å²) in [5.41, 5.74) is 6.35. The molecule has 0 bridgehead atoms. The Morgan fingerprint density at radius 2 is 1.60 bits per heavy atom. The van der Waals surface area contributed by atoms with Gasteiger partial charge in [0.2, 0.25) is 0 Å². The molecule has 0 aromatic heterocycles. The van der Waals surface area contributed by atoms with Gasteiger partial charge in [0.05, 0.1) is 0 Å². The van der Waals surface area contributed by atoms with Crippen molar-refractivity contribution in [3.63, 3.8) is 0 Å². The maximum Gasteiger partial charge on any atom is -0.00671 e. The highest BCUT2D eigenvalue weighted by atomic mass is 14.1. The number of benzene rings is 2. The van der Waals surface area contributed by atoms with E-state index in [-0.39, 0.29) is 0 Å². The van der Waals surface area contributed by atoms with E-state index in [1.165, 1.54) is 27.8 Å². The van der Waals surface area contributed by atoms with Crippen LogP contribution in [0, 0.1) is 26.8 Å². The van der Waals surface area contributed by atoms with Crippen LogP contribution < -0.4 is 0 Å². The second-order valence-electron chi connectivity index (χ2n) is 3.99. The topological polar surface area (TPSA) is 0 Å². The third kappa shape index (κ3) is 1.94. The van der Waals surface area contributed by atoms with Crippen molar-refractivity contribution in [1.82, 2.24) is 0 Å². The van der Waals surface area contributed by atoms with Crippen LogP contribution in [-0.2, 0) is 0 Å². The van der Waals surface area contributed by atoms with E-state index in [9.17, 15) is 0 Å². The Labute approximate surface area is 91.6 Å². The van der Waals surface area contributed by atoms with Crippen LogP contribution in [-0.4, -0.2) is 0 Å². The van der Waals surface area contributed by atoms with Crippen LogP contribution in [0.1, 0.15) is 16.7 Å². The highest BCUT2D eigenvalue weighted by Gasteiger charge is 2.03. The molecule has 15 heavy (non-hydrogen) atoms. The molecule has 0 atom stereocenters. The third-order valence-corrected chi connectivity index (χ3v) is 2.84. The summed E-state index contributed by atoms with van der Waals surface area (Å²) >= 11 is 0. The fraction of sp³-hybridized carbons (Fsp3) is 0.200. The summed E-state index contributed by atoms with van der Waals surface area (Å²) in [5, 5.41) is 0. The highest BCUT2D eigenvalue weighted by molar-refractivity contribution is 5.68. The van der Waals surface area contributed by atoms with Gasteiger partial charge in [-0.05, 0) is 54.7 Å².